The van der Waals surface area contributed by atoms with Crippen molar-refractivity contribution in [1.82, 2.24) is 16.0 Å². The van der Waals surface area contributed by atoms with Crippen LogP contribution in [0.25, 0.3) is 10.8 Å². The number of carbonyl (C=O) groups excluding carboxylic acids is 4. The molecule has 2 unspecified atom stereocenters. The largest absolute Gasteiger partial charge is 0.496 e. The smallest absolute Gasteiger partial charge is 0.251 e. The predicted octanol–water partition coefficient (Wildman–Crippen LogP) is 1.95. The topological polar surface area (TPSA) is 120 Å². The number of benzene rings is 3. The minimum absolute atomic E-state index is 0.0195. The molecule has 0 saturated carbocycles. The monoisotopic (exact) mass is 529 g/mol. The number of amides is 4. The number of hydrogen-bond acceptors (Lipinski definition) is 6. The molecule has 6 rings (SSSR count). The maximum atomic E-state index is 14.2. The van der Waals surface area contributed by atoms with Gasteiger partial charge in [0.05, 0.1) is 37.6 Å². The lowest BCUT2D eigenvalue weighted by atomic mass is 9.99. The predicted molar refractivity (Wildman–Crippen MR) is 148 cm³/mol. The Hall–Kier alpha value is -4.44. The van der Waals surface area contributed by atoms with Crippen LogP contribution < -0.4 is 30.5 Å². The summed E-state index contributed by atoms with van der Waals surface area (Å²) >= 11 is 0. The average Bonchev–Trinajstić information content (AvgIpc) is 3.06. The number of hydrogen-bond donors (Lipinski definition) is 3. The number of methoxy groups -OCH3 is 1. The fourth-order valence-electron chi connectivity index (χ4n) is 5.07. The normalized spacial score (nSPS) is 18.3. The third kappa shape index (κ3) is 4.90. The summed E-state index contributed by atoms with van der Waals surface area (Å²) in [6.07, 6.45) is 0.0195. The third-order valence-electron chi connectivity index (χ3n) is 7.35. The van der Waals surface area contributed by atoms with Gasteiger partial charge in [0.1, 0.15) is 11.8 Å². The van der Waals surface area contributed by atoms with Gasteiger partial charge in [-0.2, -0.15) is 0 Å². The number of nitrogens with zero attached hydrogens (tertiary/aromatic N) is 2. The van der Waals surface area contributed by atoms with Crippen molar-refractivity contribution >= 4 is 45.8 Å². The molecule has 10 heteroatoms. The first kappa shape index (κ1) is 26.2. The Morgan fingerprint density at radius 1 is 1.05 bits per heavy atom. The van der Waals surface area contributed by atoms with Crippen molar-refractivity contribution in [1.29, 1.82) is 0 Å². The van der Waals surface area contributed by atoms with Crippen molar-refractivity contribution in [3.8, 4) is 5.75 Å². The first-order valence-corrected chi connectivity index (χ1v) is 12.9. The highest BCUT2D eigenvalue weighted by atomic mass is 16.5. The van der Waals surface area contributed by atoms with E-state index in [1.54, 1.807) is 56.3 Å². The van der Waals surface area contributed by atoms with E-state index in [0.29, 0.717) is 22.7 Å². The second-order valence-corrected chi connectivity index (χ2v) is 9.68. The van der Waals surface area contributed by atoms with Crippen molar-refractivity contribution in [3.63, 3.8) is 0 Å². The maximum absolute atomic E-state index is 14.2. The number of ether oxygens (including phenoxy) is 1. The maximum Gasteiger partial charge on any atom is 0.251 e. The molecule has 0 fully saturated rings. The number of fused-ring (bicyclic) bond motifs is 5. The number of carbonyl (C=O) groups is 4. The van der Waals surface area contributed by atoms with Gasteiger partial charge >= 0.3 is 0 Å². The standard InChI is InChI=1S/C29H31N5O5/c1-17(30-2)27(36)32-22-16-33-23-6-4-5-7-24(23)34(29(22)38)15-21-20-10-8-19(28(37)31-13-12-26(33)35)14-18(20)9-11-25(21)39-3/h4-11,14,17,22,30H,12-13,15-16H2,1-3H3,(H,31,37)(H,32,36). The van der Waals surface area contributed by atoms with Gasteiger partial charge in [0, 0.05) is 24.1 Å². The molecule has 3 aromatic rings. The van der Waals surface area contributed by atoms with Gasteiger partial charge in [0.2, 0.25) is 11.8 Å². The van der Waals surface area contributed by atoms with Crippen molar-refractivity contribution in [3.05, 3.63) is 65.7 Å². The number of para-hydroxylation sites is 2. The van der Waals surface area contributed by atoms with E-state index in [0.717, 1.165) is 16.3 Å². The molecule has 4 amide bonds. The van der Waals surface area contributed by atoms with E-state index in [1.807, 2.05) is 24.3 Å². The molecule has 0 spiro atoms. The minimum Gasteiger partial charge on any atom is -0.496 e. The molecular formula is C29H31N5O5. The van der Waals surface area contributed by atoms with Gasteiger partial charge in [0.15, 0.2) is 0 Å². The summed E-state index contributed by atoms with van der Waals surface area (Å²) in [5.74, 6) is -0.672. The van der Waals surface area contributed by atoms with Crippen LogP contribution in [0.15, 0.2) is 54.6 Å². The van der Waals surface area contributed by atoms with Gasteiger partial charge in [-0.05, 0) is 55.1 Å². The van der Waals surface area contributed by atoms with Gasteiger partial charge < -0.3 is 30.5 Å². The zero-order chi connectivity index (χ0) is 27.7. The summed E-state index contributed by atoms with van der Waals surface area (Å²) < 4.78 is 5.70. The van der Waals surface area contributed by atoms with Crippen molar-refractivity contribution in [2.45, 2.75) is 32.0 Å². The van der Waals surface area contributed by atoms with E-state index in [2.05, 4.69) is 16.0 Å². The van der Waals surface area contributed by atoms with Gasteiger partial charge in [-0.1, -0.05) is 24.3 Å². The summed E-state index contributed by atoms with van der Waals surface area (Å²) in [5.41, 5.74) is 2.32. The van der Waals surface area contributed by atoms with Crippen LogP contribution in [0.1, 0.15) is 29.3 Å². The van der Waals surface area contributed by atoms with Crippen molar-refractivity contribution in [2.75, 3.05) is 37.0 Å². The van der Waals surface area contributed by atoms with Crippen molar-refractivity contribution in [2.24, 2.45) is 0 Å². The van der Waals surface area contributed by atoms with Gasteiger partial charge in [-0.15, -0.1) is 0 Å². The van der Waals surface area contributed by atoms with Gasteiger partial charge in [0.25, 0.3) is 11.8 Å². The fraction of sp³-hybridized carbons (Fsp3) is 0.310. The first-order chi connectivity index (χ1) is 18.8. The van der Waals surface area contributed by atoms with Crippen molar-refractivity contribution < 1.29 is 23.9 Å². The zero-order valence-electron chi connectivity index (χ0n) is 22.1. The Morgan fingerprint density at radius 3 is 2.51 bits per heavy atom. The van der Waals surface area contributed by atoms with Gasteiger partial charge in [-0.25, -0.2) is 0 Å². The molecule has 2 atom stereocenters. The minimum atomic E-state index is -1.00. The molecule has 0 aromatic heterocycles. The molecule has 0 saturated heterocycles. The van der Waals surface area contributed by atoms with Crippen LogP contribution in [0, 0.1) is 0 Å². The molecule has 10 nitrogen and oxygen atoms in total. The van der Waals surface area contributed by atoms with Crippen LogP contribution in [-0.2, 0) is 20.9 Å². The van der Waals surface area contributed by atoms with E-state index in [4.69, 9.17) is 4.74 Å². The van der Waals surface area contributed by atoms with E-state index >= 15 is 0 Å². The Kier molecular flexibility index (Phi) is 7.21. The van der Waals surface area contributed by atoms with Crippen LogP contribution in [-0.4, -0.2) is 63.0 Å². The lowest BCUT2D eigenvalue weighted by molar-refractivity contribution is -0.128. The van der Waals surface area contributed by atoms with E-state index in [-0.39, 0.29) is 49.7 Å². The van der Waals surface area contributed by atoms with E-state index in [9.17, 15) is 19.2 Å². The molecule has 0 radical (unpaired) electrons. The molecule has 3 aliphatic heterocycles. The van der Waals surface area contributed by atoms with E-state index in [1.165, 1.54) is 4.90 Å². The van der Waals surface area contributed by atoms with Crippen LogP contribution in [0.2, 0.25) is 0 Å². The van der Waals surface area contributed by atoms with Crippen LogP contribution in [0.4, 0.5) is 11.4 Å². The molecule has 3 aromatic carbocycles. The summed E-state index contributed by atoms with van der Waals surface area (Å²) in [4.78, 5) is 56.6. The molecular weight excluding hydrogens is 498 g/mol. The summed E-state index contributed by atoms with van der Waals surface area (Å²) in [7, 11) is 3.23. The summed E-state index contributed by atoms with van der Waals surface area (Å²) in [5, 5.41) is 10.2. The molecule has 39 heavy (non-hydrogen) atoms. The van der Waals surface area contributed by atoms with Crippen LogP contribution in [0.3, 0.4) is 0 Å². The number of anilines is 2. The highest BCUT2D eigenvalue weighted by Gasteiger charge is 2.37. The summed E-state index contributed by atoms with van der Waals surface area (Å²) in [6.45, 7) is 1.89. The highest BCUT2D eigenvalue weighted by Crippen LogP contribution is 2.37. The summed E-state index contributed by atoms with van der Waals surface area (Å²) in [6, 6.07) is 14.7. The number of likely N-dealkylation sites (N-methyl/N-ethyl adjacent to an activating group) is 1. The Balaban J connectivity index is 1.71. The Morgan fingerprint density at radius 2 is 1.79 bits per heavy atom. The second-order valence-electron chi connectivity index (χ2n) is 9.68. The Labute approximate surface area is 226 Å². The molecule has 3 aliphatic rings. The molecule has 3 N–H and O–H groups in total. The number of nitrogens with one attached hydrogen (secondary N) is 3. The average molecular weight is 530 g/mol. The molecule has 202 valence electrons. The lowest BCUT2D eigenvalue weighted by Gasteiger charge is -2.27. The first-order valence-electron chi connectivity index (χ1n) is 12.9. The fourth-order valence-corrected chi connectivity index (χ4v) is 5.07. The van der Waals surface area contributed by atoms with Crippen LogP contribution >= 0.6 is 0 Å². The van der Waals surface area contributed by atoms with Gasteiger partial charge in [-0.3, -0.25) is 19.2 Å². The molecule has 3 heterocycles. The zero-order valence-corrected chi connectivity index (χ0v) is 22.1. The SMILES string of the molecule is CNC(C)C(=O)NC1CN2C(=O)CCNC(=O)c3ccc4c(c(OC)ccc4c3)CN(C1=O)c1ccccc12. The lowest BCUT2D eigenvalue weighted by Crippen LogP contribution is -2.55. The highest BCUT2D eigenvalue weighted by molar-refractivity contribution is 6.09. The molecule has 0 aliphatic carbocycles. The second kappa shape index (κ2) is 10.7. The van der Waals surface area contributed by atoms with E-state index < -0.39 is 12.1 Å². The molecule has 6 bridgehead atoms. The Bertz CT molecular complexity index is 1470. The number of rotatable bonds is 4. The van der Waals surface area contributed by atoms with Crippen LogP contribution in [0.5, 0.6) is 5.75 Å². The quantitative estimate of drug-likeness (QED) is 0.475. The third-order valence-corrected chi connectivity index (χ3v) is 7.35.